The monoisotopic (exact) mass is 384 g/mol. The molecular weight excluding hydrogens is 364 g/mol. The van der Waals surface area contributed by atoms with Crippen LogP contribution in [0.5, 0.6) is 0 Å². The number of hydrogen-bond acceptors (Lipinski definition) is 4. The van der Waals surface area contributed by atoms with Gasteiger partial charge in [-0.25, -0.2) is 4.98 Å². The van der Waals surface area contributed by atoms with Gasteiger partial charge in [0.1, 0.15) is 0 Å². The molecule has 29 heavy (non-hydrogen) atoms. The molecule has 6 nitrogen and oxygen atoms in total. The first-order chi connectivity index (χ1) is 14.2. The number of carbonyl (C=O) groups excluding carboxylic acids is 1. The van der Waals surface area contributed by atoms with Gasteiger partial charge in [0, 0.05) is 37.8 Å². The van der Waals surface area contributed by atoms with Crippen LogP contribution in [0.2, 0.25) is 0 Å². The van der Waals surface area contributed by atoms with E-state index in [1.165, 1.54) is 11.8 Å². The highest BCUT2D eigenvalue weighted by Gasteiger charge is 2.31. The fourth-order valence-corrected chi connectivity index (χ4v) is 3.91. The second-order valence-electron chi connectivity index (χ2n) is 7.28. The molecule has 0 N–H and O–H groups in total. The molecule has 0 saturated heterocycles. The van der Waals surface area contributed by atoms with Crippen molar-refractivity contribution in [3.05, 3.63) is 95.6 Å². The first-order valence-corrected chi connectivity index (χ1v) is 9.56. The number of amides is 1. The average Bonchev–Trinajstić information content (AvgIpc) is 3.42. The van der Waals surface area contributed by atoms with Crippen molar-refractivity contribution < 1.29 is 9.21 Å². The Balaban J connectivity index is 1.46. The number of hydrogen-bond donors (Lipinski definition) is 0. The van der Waals surface area contributed by atoms with Gasteiger partial charge in [0.05, 0.1) is 12.4 Å². The van der Waals surface area contributed by atoms with Gasteiger partial charge in [-0.3, -0.25) is 9.48 Å². The van der Waals surface area contributed by atoms with Crippen LogP contribution in [0.3, 0.4) is 0 Å². The Kier molecular flexibility index (Phi) is 4.24. The quantitative estimate of drug-likeness (QED) is 0.538. The van der Waals surface area contributed by atoms with E-state index in [1.807, 2.05) is 66.8 Å². The molecule has 1 amide bonds. The smallest absolute Gasteiger partial charge is 0.291 e. The molecule has 0 saturated carbocycles. The summed E-state index contributed by atoms with van der Waals surface area (Å²) in [6.45, 7) is 1.12. The standard InChI is InChI=1S/C23H20N4O2/c1-26-13-18(11-25-26)20-15-27(14-17-9-5-6-10-19(17)20)23(28)21-12-24-22(29-21)16-7-3-2-4-8-16/h2-13,20H,14-15H2,1H3. The lowest BCUT2D eigenvalue weighted by Crippen LogP contribution is -2.38. The number of benzene rings is 2. The van der Waals surface area contributed by atoms with Crippen LogP contribution < -0.4 is 0 Å². The van der Waals surface area contributed by atoms with E-state index in [4.69, 9.17) is 4.42 Å². The third-order valence-corrected chi connectivity index (χ3v) is 5.35. The third kappa shape index (κ3) is 3.23. The third-order valence-electron chi connectivity index (χ3n) is 5.35. The lowest BCUT2D eigenvalue weighted by atomic mass is 9.86. The van der Waals surface area contributed by atoms with Crippen molar-refractivity contribution in [2.75, 3.05) is 6.54 Å². The average molecular weight is 384 g/mol. The van der Waals surface area contributed by atoms with E-state index in [0.29, 0.717) is 19.0 Å². The van der Waals surface area contributed by atoms with Crippen LogP contribution in [-0.2, 0) is 13.6 Å². The summed E-state index contributed by atoms with van der Waals surface area (Å²) in [5, 5.41) is 4.31. The molecule has 1 aliphatic rings. The first kappa shape index (κ1) is 17.4. The van der Waals surface area contributed by atoms with Crippen molar-refractivity contribution in [1.29, 1.82) is 0 Å². The maximum absolute atomic E-state index is 13.2. The summed E-state index contributed by atoms with van der Waals surface area (Å²) in [4.78, 5) is 19.3. The van der Waals surface area contributed by atoms with Crippen LogP contribution in [0.4, 0.5) is 0 Å². The van der Waals surface area contributed by atoms with E-state index in [1.54, 1.807) is 4.68 Å². The van der Waals surface area contributed by atoms with E-state index >= 15 is 0 Å². The zero-order chi connectivity index (χ0) is 19.8. The summed E-state index contributed by atoms with van der Waals surface area (Å²) in [7, 11) is 1.90. The maximum Gasteiger partial charge on any atom is 0.291 e. The van der Waals surface area contributed by atoms with E-state index in [0.717, 1.165) is 16.7 Å². The zero-order valence-corrected chi connectivity index (χ0v) is 16.0. The lowest BCUT2D eigenvalue weighted by Gasteiger charge is -2.34. The Bertz CT molecular complexity index is 1160. The van der Waals surface area contributed by atoms with Crippen LogP contribution in [-0.4, -0.2) is 32.1 Å². The van der Waals surface area contributed by atoms with Crippen molar-refractivity contribution in [3.8, 4) is 11.5 Å². The van der Waals surface area contributed by atoms with Gasteiger partial charge in [0.25, 0.3) is 5.91 Å². The molecule has 2 aromatic heterocycles. The SMILES string of the molecule is Cn1cc(C2CN(C(=O)c3cnc(-c4ccccc4)o3)Cc3ccccc32)cn1. The molecule has 1 unspecified atom stereocenters. The van der Waals surface area contributed by atoms with Crippen molar-refractivity contribution in [2.24, 2.45) is 7.05 Å². The molecule has 1 aliphatic heterocycles. The van der Waals surface area contributed by atoms with Crippen molar-refractivity contribution in [1.82, 2.24) is 19.7 Å². The van der Waals surface area contributed by atoms with Crippen LogP contribution in [0.25, 0.3) is 11.5 Å². The van der Waals surface area contributed by atoms with Crippen molar-refractivity contribution in [3.63, 3.8) is 0 Å². The highest BCUT2D eigenvalue weighted by Crippen LogP contribution is 2.34. The molecule has 0 aliphatic carbocycles. The summed E-state index contributed by atoms with van der Waals surface area (Å²) in [6, 6.07) is 17.9. The number of carbonyl (C=O) groups is 1. The number of aromatic nitrogens is 3. The summed E-state index contributed by atoms with van der Waals surface area (Å²) in [5.41, 5.74) is 4.33. The molecule has 0 radical (unpaired) electrons. The topological polar surface area (TPSA) is 64.2 Å². The van der Waals surface area contributed by atoms with Gasteiger partial charge in [0.2, 0.25) is 11.7 Å². The number of oxazole rings is 1. The van der Waals surface area contributed by atoms with Gasteiger partial charge in [-0.1, -0.05) is 42.5 Å². The Morgan fingerprint density at radius 3 is 2.66 bits per heavy atom. The summed E-state index contributed by atoms with van der Waals surface area (Å²) >= 11 is 0. The van der Waals surface area contributed by atoms with Gasteiger partial charge in [-0.15, -0.1) is 0 Å². The van der Waals surface area contributed by atoms with Gasteiger partial charge in [-0.2, -0.15) is 5.10 Å². The number of fused-ring (bicyclic) bond motifs is 1. The number of rotatable bonds is 3. The van der Waals surface area contributed by atoms with Gasteiger partial charge >= 0.3 is 0 Å². The summed E-state index contributed by atoms with van der Waals surface area (Å²) in [6.07, 6.45) is 5.40. The van der Waals surface area contributed by atoms with E-state index < -0.39 is 0 Å². The second-order valence-corrected chi connectivity index (χ2v) is 7.28. The fraction of sp³-hybridized carbons (Fsp3) is 0.174. The van der Waals surface area contributed by atoms with Crippen LogP contribution in [0.1, 0.15) is 33.2 Å². The molecule has 3 heterocycles. The molecule has 0 bridgehead atoms. The predicted octanol–water partition coefficient (Wildman–Crippen LogP) is 3.86. The second kappa shape index (κ2) is 7.05. The fourth-order valence-electron chi connectivity index (χ4n) is 3.91. The lowest BCUT2D eigenvalue weighted by molar-refractivity contribution is 0.0693. The molecular formula is C23H20N4O2. The first-order valence-electron chi connectivity index (χ1n) is 9.56. The minimum atomic E-state index is -0.150. The molecule has 1 atom stereocenters. The van der Waals surface area contributed by atoms with Gasteiger partial charge in [-0.05, 0) is 28.8 Å². The number of nitrogens with zero attached hydrogens (tertiary/aromatic N) is 4. The highest BCUT2D eigenvalue weighted by atomic mass is 16.4. The van der Waals surface area contributed by atoms with Gasteiger partial charge in [0.15, 0.2) is 0 Å². The highest BCUT2D eigenvalue weighted by molar-refractivity contribution is 5.91. The molecule has 2 aromatic carbocycles. The van der Waals surface area contributed by atoms with E-state index in [2.05, 4.69) is 22.2 Å². The van der Waals surface area contributed by atoms with Crippen LogP contribution >= 0.6 is 0 Å². The molecule has 5 rings (SSSR count). The molecule has 6 heteroatoms. The minimum absolute atomic E-state index is 0.0779. The van der Waals surface area contributed by atoms with Crippen LogP contribution in [0.15, 0.2) is 77.6 Å². The Morgan fingerprint density at radius 1 is 1.07 bits per heavy atom. The predicted molar refractivity (Wildman–Crippen MR) is 108 cm³/mol. The van der Waals surface area contributed by atoms with E-state index in [9.17, 15) is 4.79 Å². The van der Waals surface area contributed by atoms with E-state index in [-0.39, 0.29) is 17.6 Å². The van der Waals surface area contributed by atoms with Gasteiger partial charge < -0.3 is 9.32 Å². The van der Waals surface area contributed by atoms with Crippen molar-refractivity contribution >= 4 is 5.91 Å². The zero-order valence-electron chi connectivity index (χ0n) is 16.0. The molecule has 4 aromatic rings. The molecule has 0 spiro atoms. The Morgan fingerprint density at radius 2 is 1.86 bits per heavy atom. The molecule has 144 valence electrons. The Labute approximate surface area is 168 Å². The molecule has 0 fully saturated rings. The number of aryl methyl sites for hydroxylation is 1. The largest absolute Gasteiger partial charge is 0.431 e. The maximum atomic E-state index is 13.2. The van der Waals surface area contributed by atoms with Crippen LogP contribution in [0, 0.1) is 0 Å². The van der Waals surface area contributed by atoms with Crippen molar-refractivity contribution in [2.45, 2.75) is 12.5 Å². The normalized spacial score (nSPS) is 15.9. The summed E-state index contributed by atoms with van der Waals surface area (Å²) < 4.78 is 7.59. The summed E-state index contributed by atoms with van der Waals surface area (Å²) in [5.74, 6) is 0.639. The Hall–Kier alpha value is -3.67. The minimum Gasteiger partial charge on any atom is -0.431 e.